The van der Waals surface area contributed by atoms with E-state index >= 15 is 0 Å². The van der Waals surface area contributed by atoms with E-state index in [0.29, 0.717) is 0 Å². The fourth-order valence-corrected chi connectivity index (χ4v) is 6.11. The summed E-state index contributed by atoms with van der Waals surface area (Å²) in [5.41, 5.74) is -3.59. The van der Waals surface area contributed by atoms with Crippen LogP contribution in [0.25, 0.3) is 0 Å². The third kappa shape index (κ3) is 17.0. The van der Waals surface area contributed by atoms with E-state index in [2.05, 4.69) is 21.9 Å². The van der Waals surface area contributed by atoms with E-state index in [1.54, 1.807) is 88.1 Å². The lowest BCUT2D eigenvalue weighted by atomic mass is 10.0. The number of ether oxygens (including phenoxy) is 5. The maximum absolute atomic E-state index is 13.0. The Kier molecular flexibility index (Phi) is 18.8. The highest BCUT2D eigenvalue weighted by Gasteiger charge is 2.52. The minimum atomic E-state index is -1.96. The van der Waals surface area contributed by atoms with E-state index in [1.807, 2.05) is 0 Å². The molecule has 4 N–H and O–H groups in total. The molecule has 2 saturated heterocycles. The number of aliphatic hydroxyl groups excluding tert-OH is 1. The van der Waals surface area contributed by atoms with Crippen LogP contribution in [0.5, 0.6) is 0 Å². The number of alkyl carbamates (subject to hydrolysis) is 2. The van der Waals surface area contributed by atoms with Crippen molar-refractivity contribution in [1.29, 1.82) is 0 Å². The Morgan fingerprint density at radius 2 is 1.06 bits per heavy atom. The molecular weight excluding hydrogens is 888 g/mol. The highest BCUT2D eigenvalue weighted by molar-refractivity contribution is 6.20. The molecule has 3 atom stereocenters. The van der Waals surface area contributed by atoms with Crippen molar-refractivity contribution in [1.82, 2.24) is 30.7 Å². The number of ketones is 2. The number of aldehydes is 1. The number of amides is 4. The molecule has 4 heterocycles. The Labute approximate surface area is 387 Å². The standard InChI is InChI=1S/C20H29N3O9.C18H27N3O6.C5H6O3/c1-19(2,3)31-17(29)14-10(12(24)7-13(25)16(27)28)8-22-9-11(15(26)23(14)22)21-18(30)32-20(4,5)6;1-10(22)11-8-20-9-12(19-16(25)27-18(5,6)7)14(23)21(20)13(11)15(24)26-17(2,3)4;1-2-3-8-5(7)4-6/h11,13,25H,7-9H2,1-6H3,(H,21,30)(H,27,28);12H,8-9H2,1-7H3,(H,19,25);2,4H,1,3H2. The molecule has 0 aliphatic carbocycles. The van der Waals surface area contributed by atoms with Crippen LogP contribution < -0.4 is 10.6 Å². The molecule has 0 bridgehead atoms. The zero-order chi connectivity index (χ0) is 51.7. The molecule has 0 spiro atoms. The molecule has 2 fully saturated rings. The summed E-state index contributed by atoms with van der Waals surface area (Å²) in [6.45, 7) is 24.7. The first-order valence-electron chi connectivity index (χ1n) is 20.8. The van der Waals surface area contributed by atoms with Gasteiger partial charge in [-0.15, -0.1) is 0 Å². The number of carboxylic acids is 1. The van der Waals surface area contributed by atoms with E-state index in [-0.39, 0.29) is 67.4 Å². The van der Waals surface area contributed by atoms with Gasteiger partial charge in [-0.05, 0) is 90.0 Å². The molecule has 4 amide bonds. The molecule has 24 nitrogen and oxygen atoms in total. The van der Waals surface area contributed by atoms with E-state index in [1.165, 1.54) is 18.0 Å². The van der Waals surface area contributed by atoms with Gasteiger partial charge in [-0.3, -0.25) is 24.0 Å². The van der Waals surface area contributed by atoms with E-state index in [4.69, 9.17) is 24.1 Å². The number of esters is 3. The zero-order valence-electron chi connectivity index (χ0n) is 40.1. The number of rotatable bonds is 12. The molecule has 0 aromatic carbocycles. The summed E-state index contributed by atoms with van der Waals surface area (Å²) in [6.07, 6.45) is -2.77. The van der Waals surface area contributed by atoms with Crippen LogP contribution in [0.4, 0.5) is 9.59 Å². The van der Waals surface area contributed by atoms with Crippen molar-refractivity contribution in [2.45, 2.75) is 137 Å². The average molecular weight is 951 g/mol. The molecule has 67 heavy (non-hydrogen) atoms. The normalized spacial score (nSPS) is 18.8. The minimum Gasteiger partial charge on any atom is -0.479 e. The van der Waals surface area contributed by atoms with Crippen LogP contribution in [-0.4, -0.2) is 169 Å². The molecule has 24 heteroatoms. The number of hydrogen-bond acceptors (Lipinski definition) is 19. The number of nitrogens with one attached hydrogen (secondary N) is 2. The summed E-state index contributed by atoms with van der Waals surface area (Å²) in [7, 11) is 0. The highest BCUT2D eigenvalue weighted by atomic mass is 16.6. The van der Waals surface area contributed by atoms with Gasteiger partial charge in [-0.2, -0.15) is 0 Å². The summed E-state index contributed by atoms with van der Waals surface area (Å²) < 4.78 is 25.2. The van der Waals surface area contributed by atoms with Crippen molar-refractivity contribution in [3.05, 3.63) is 35.2 Å². The van der Waals surface area contributed by atoms with Gasteiger partial charge in [0.15, 0.2) is 29.1 Å². The molecule has 0 aromatic rings. The van der Waals surface area contributed by atoms with Crippen LogP contribution in [0.1, 0.15) is 96.4 Å². The van der Waals surface area contributed by atoms with Crippen molar-refractivity contribution in [3.8, 4) is 0 Å². The minimum absolute atomic E-state index is 0.0529. The maximum Gasteiger partial charge on any atom is 0.408 e. The van der Waals surface area contributed by atoms with Gasteiger partial charge in [0.1, 0.15) is 41.1 Å². The fourth-order valence-electron chi connectivity index (χ4n) is 6.11. The lowest BCUT2D eigenvalue weighted by molar-refractivity contribution is -0.156. The first-order chi connectivity index (χ1) is 30.5. The lowest BCUT2D eigenvalue weighted by Crippen LogP contribution is -2.45. The molecule has 4 rings (SSSR count). The number of hydrazine groups is 2. The molecule has 0 radical (unpaired) electrons. The van der Waals surface area contributed by atoms with Crippen LogP contribution >= 0.6 is 0 Å². The van der Waals surface area contributed by atoms with Gasteiger partial charge in [-0.1, -0.05) is 12.7 Å². The second kappa shape index (κ2) is 22.3. The number of nitrogens with zero attached hydrogens (tertiary/aromatic N) is 4. The maximum atomic E-state index is 13.0. The summed E-state index contributed by atoms with van der Waals surface area (Å²) >= 11 is 0. The van der Waals surface area contributed by atoms with Gasteiger partial charge in [0.2, 0.25) is 6.29 Å². The van der Waals surface area contributed by atoms with Crippen LogP contribution in [0.15, 0.2) is 35.2 Å². The summed E-state index contributed by atoms with van der Waals surface area (Å²) in [5.74, 6) is -6.47. The predicted octanol–water partition coefficient (Wildman–Crippen LogP) is 1.00. The predicted molar refractivity (Wildman–Crippen MR) is 230 cm³/mol. The number of fused-ring (bicyclic) bond motifs is 2. The van der Waals surface area contributed by atoms with Gasteiger partial charge in [-0.25, -0.2) is 48.8 Å². The van der Waals surface area contributed by atoms with E-state index in [9.17, 15) is 57.8 Å². The van der Waals surface area contributed by atoms with Crippen molar-refractivity contribution >= 4 is 65.7 Å². The first-order valence-corrected chi connectivity index (χ1v) is 20.8. The van der Waals surface area contributed by atoms with Crippen LogP contribution in [0.3, 0.4) is 0 Å². The van der Waals surface area contributed by atoms with Gasteiger partial charge >= 0.3 is 36.1 Å². The lowest BCUT2D eigenvalue weighted by Gasteiger charge is -2.24. The first kappa shape index (κ1) is 56.6. The van der Waals surface area contributed by atoms with E-state index in [0.717, 1.165) is 10.0 Å². The summed E-state index contributed by atoms with van der Waals surface area (Å²) in [4.78, 5) is 130. The average Bonchev–Trinajstić information content (AvgIpc) is 3.87. The zero-order valence-corrected chi connectivity index (χ0v) is 40.1. The highest BCUT2D eigenvalue weighted by Crippen LogP contribution is 2.34. The van der Waals surface area contributed by atoms with Crippen LogP contribution in [0, 0.1) is 0 Å². The Hall–Kier alpha value is -6.53. The van der Waals surface area contributed by atoms with Crippen molar-refractivity contribution < 1.29 is 86.6 Å². The topological polar surface area (TPSA) is 311 Å². The molecule has 4 aliphatic heterocycles. The fraction of sp³-hybridized carbons (Fsp3) is 0.605. The number of Topliss-reactive ketones (excluding diaryl/α,β-unsaturated/α-hetero) is 2. The molecule has 0 aromatic heterocycles. The largest absolute Gasteiger partial charge is 0.479 e. The molecule has 3 unspecified atom stereocenters. The SMILES string of the molecule is C=CCOC(=O)C=O.CC(=O)C1=C(C(=O)OC(C)(C)C)N2C(=O)C(NC(=O)OC(C)(C)C)CN2C1.CC(C)(C)OC(=O)NC1CN2CC(C(=O)CC(O)C(=O)O)=C(C(=O)OC(C)(C)C)N2C1=O. The van der Waals surface area contributed by atoms with Gasteiger partial charge < -0.3 is 44.5 Å². The number of aliphatic hydroxyl groups is 1. The quantitative estimate of drug-likeness (QED) is 0.0697. The summed E-state index contributed by atoms with van der Waals surface area (Å²) in [5, 5.41) is 28.4. The van der Waals surface area contributed by atoms with Crippen LogP contribution in [-0.2, 0) is 66.8 Å². The second-order valence-electron chi connectivity index (χ2n) is 19.1. The molecule has 4 aliphatic rings. The molecular formula is C43H62N6O18. The molecule has 0 saturated carbocycles. The van der Waals surface area contributed by atoms with Gasteiger partial charge in [0.05, 0.1) is 0 Å². The third-order valence-electron chi connectivity index (χ3n) is 8.47. The Morgan fingerprint density at radius 1 is 0.687 bits per heavy atom. The van der Waals surface area contributed by atoms with Crippen molar-refractivity contribution in [2.75, 3.05) is 32.8 Å². The number of aliphatic carboxylic acids is 1. The Morgan fingerprint density at radius 3 is 1.39 bits per heavy atom. The monoisotopic (exact) mass is 950 g/mol. The van der Waals surface area contributed by atoms with E-state index < -0.39 is 101 Å². The number of carbonyl (C=O) groups is 11. The third-order valence-corrected chi connectivity index (χ3v) is 8.47. The second-order valence-corrected chi connectivity index (χ2v) is 19.1. The Bertz CT molecular complexity index is 2080. The number of carboxylic acid groups (broad SMARTS) is 1. The van der Waals surface area contributed by atoms with Crippen molar-refractivity contribution in [2.24, 2.45) is 0 Å². The van der Waals surface area contributed by atoms with Crippen LogP contribution in [0.2, 0.25) is 0 Å². The number of hydrogen-bond donors (Lipinski definition) is 4. The summed E-state index contributed by atoms with van der Waals surface area (Å²) in [6, 6.07) is -1.92. The Balaban J connectivity index is 0.000000399. The molecule has 372 valence electrons. The smallest absolute Gasteiger partial charge is 0.408 e. The van der Waals surface area contributed by atoms with Crippen molar-refractivity contribution in [3.63, 3.8) is 0 Å². The number of carbonyl (C=O) groups excluding carboxylic acids is 10. The van der Waals surface area contributed by atoms with Gasteiger partial charge in [0, 0.05) is 43.7 Å². The van der Waals surface area contributed by atoms with Gasteiger partial charge in [0.25, 0.3) is 11.8 Å².